The van der Waals surface area contributed by atoms with Crippen molar-refractivity contribution < 1.29 is 9.53 Å². The van der Waals surface area contributed by atoms with Crippen LogP contribution in [0.4, 0.5) is 5.69 Å². The number of carbonyl (C=O) groups is 1. The van der Waals surface area contributed by atoms with Gasteiger partial charge in [-0.05, 0) is 30.2 Å². The van der Waals surface area contributed by atoms with Gasteiger partial charge in [-0.1, -0.05) is 49.4 Å². The highest BCUT2D eigenvalue weighted by molar-refractivity contribution is 5.92. The first kappa shape index (κ1) is 20.2. The van der Waals surface area contributed by atoms with Crippen molar-refractivity contribution in [2.75, 3.05) is 11.9 Å². The Morgan fingerprint density at radius 2 is 1.88 bits per heavy atom. The van der Waals surface area contributed by atoms with Crippen molar-refractivity contribution in [3.05, 3.63) is 65.7 Å². The van der Waals surface area contributed by atoms with Gasteiger partial charge in [-0.3, -0.25) is 4.79 Å². The number of carbonyl (C=O) groups excluding carboxylic acids is 1. The summed E-state index contributed by atoms with van der Waals surface area (Å²) in [6, 6.07) is 17.0. The van der Waals surface area contributed by atoms with Crippen molar-refractivity contribution >= 4 is 24.0 Å². The number of ether oxygens (including phenoxy) is 1. The first-order valence-corrected chi connectivity index (χ1v) is 7.90. The third kappa shape index (κ3) is 5.64. The highest BCUT2D eigenvalue weighted by Gasteiger charge is 2.22. The van der Waals surface area contributed by atoms with Gasteiger partial charge in [0.2, 0.25) is 5.91 Å². The van der Waals surface area contributed by atoms with E-state index in [1.54, 1.807) is 0 Å². The van der Waals surface area contributed by atoms with Crippen LogP contribution in [0.5, 0.6) is 0 Å². The maximum absolute atomic E-state index is 12.4. The number of hydrogen-bond donors (Lipinski definition) is 2. The molecule has 24 heavy (non-hydrogen) atoms. The summed E-state index contributed by atoms with van der Waals surface area (Å²) in [6.45, 7) is 5.01. The molecular weight excluding hydrogens is 324 g/mol. The Morgan fingerprint density at radius 3 is 2.54 bits per heavy atom. The van der Waals surface area contributed by atoms with E-state index in [2.05, 4.69) is 5.32 Å². The molecule has 4 nitrogen and oxygen atoms in total. The quantitative estimate of drug-likeness (QED) is 0.797. The van der Waals surface area contributed by atoms with Gasteiger partial charge in [0.05, 0.1) is 12.5 Å². The molecule has 2 rings (SSSR count). The molecule has 1 amide bonds. The minimum absolute atomic E-state index is 0. The lowest BCUT2D eigenvalue weighted by Crippen LogP contribution is -2.30. The van der Waals surface area contributed by atoms with Crippen molar-refractivity contribution in [2.45, 2.75) is 26.5 Å². The fourth-order valence-electron chi connectivity index (χ4n) is 2.34. The minimum atomic E-state index is -0.331. The molecule has 0 saturated heterocycles. The van der Waals surface area contributed by atoms with Crippen LogP contribution in [0.25, 0.3) is 0 Å². The smallest absolute Gasteiger partial charge is 0.229 e. The number of anilines is 1. The maximum atomic E-state index is 12.4. The highest BCUT2D eigenvalue weighted by Crippen LogP contribution is 2.21. The Kier molecular flexibility index (Phi) is 8.47. The van der Waals surface area contributed by atoms with Crippen LogP contribution in [0, 0.1) is 5.92 Å². The fourth-order valence-corrected chi connectivity index (χ4v) is 2.34. The van der Waals surface area contributed by atoms with Crippen LogP contribution in [0.15, 0.2) is 54.6 Å². The molecule has 5 heteroatoms. The van der Waals surface area contributed by atoms with Gasteiger partial charge in [0.15, 0.2) is 0 Å². The summed E-state index contributed by atoms with van der Waals surface area (Å²) >= 11 is 0. The largest absolute Gasteiger partial charge is 0.377 e. The predicted molar refractivity (Wildman–Crippen MR) is 100 cm³/mol. The molecule has 0 aliphatic rings. The zero-order valence-electron chi connectivity index (χ0n) is 14.1. The van der Waals surface area contributed by atoms with Gasteiger partial charge < -0.3 is 15.8 Å². The zero-order valence-corrected chi connectivity index (χ0v) is 14.9. The van der Waals surface area contributed by atoms with Gasteiger partial charge in [0, 0.05) is 18.3 Å². The molecule has 0 saturated carbocycles. The number of nitrogens with one attached hydrogen (secondary N) is 1. The van der Waals surface area contributed by atoms with E-state index in [0.717, 1.165) is 16.8 Å². The maximum Gasteiger partial charge on any atom is 0.229 e. The summed E-state index contributed by atoms with van der Waals surface area (Å²) in [5.74, 6) is -0.414. The molecule has 130 valence electrons. The van der Waals surface area contributed by atoms with Crippen molar-refractivity contribution in [3.63, 3.8) is 0 Å². The second kappa shape index (κ2) is 10.1. The average molecular weight is 349 g/mol. The SMILES string of the molecule is CCOCc1cccc(NC(=O)C(C)C(N)c2ccccc2)c1.Cl. The molecule has 0 spiro atoms. The lowest BCUT2D eigenvalue weighted by molar-refractivity contribution is -0.120. The second-order valence-corrected chi connectivity index (χ2v) is 5.55. The summed E-state index contributed by atoms with van der Waals surface area (Å²) < 4.78 is 5.39. The van der Waals surface area contributed by atoms with E-state index >= 15 is 0 Å². The minimum Gasteiger partial charge on any atom is -0.377 e. The first-order valence-electron chi connectivity index (χ1n) is 7.90. The lowest BCUT2D eigenvalue weighted by atomic mass is 9.94. The Bertz CT molecular complexity index is 634. The number of nitrogens with two attached hydrogens (primary N) is 1. The Hall–Kier alpha value is -1.88. The Balaban J connectivity index is 0.00000288. The Morgan fingerprint density at radius 1 is 1.17 bits per heavy atom. The molecule has 0 aliphatic carbocycles. The standard InChI is InChI=1S/C19H24N2O2.ClH/c1-3-23-13-15-8-7-11-17(12-15)21-19(22)14(2)18(20)16-9-5-4-6-10-16;/h4-12,14,18H,3,13,20H2,1-2H3,(H,21,22);1H. The van der Waals surface area contributed by atoms with Crippen molar-refractivity contribution in [1.82, 2.24) is 0 Å². The monoisotopic (exact) mass is 348 g/mol. The molecule has 2 unspecified atom stereocenters. The average Bonchev–Trinajstić information content (AvgIpc) is 2.59. The van der Waals surface area contributed by atoms with E-state index in [4.69, 9.17) is 10.5 Å². The normalized spacial score (nSPS) is 12.8. The lowest BCUT2D eigenvalue weighted by Gasteiger charge is -2.20. The summed E-state index contributed by atoms with van der Waals surface area (Å²) in [5.41, 5.74) is 8.96. The number of benzene rings is 2. The van der Waals surface area contributed by atoms with Crippen molar-refractivity contribution in [1.29, 1.82) is 0 Å². The van der Waals surface area contributed by atoms with Gasteiger partial charge in [0.1, 0.15) is 0 Å². The topological polar surface area (TPSA) is 64.3 Å². The van der Waals surface area contributed by atoms with Gasteiger partial charge in [0.25, 0.3) is 0 Å². The summed E-state index contributed by atoms with van der Waals surface area (Å²) in [6.07, 6.45) is 0. The second-order valence-electron chi connectivity index (χ2n) is 5.55. The van der Waals surface area contributed by atoms with E-state index in [0.29, 0.717) is 13.2 Å². The molecule has 0 aliphatic heterocycles. The van der Waals surface area contributed by atoms with Crippen molar-refractivity contribution in [2.24, 2.45) is 11.7 Å². The highest BCUT2D eigenvalue weighted by atomic mass is 35.5. The molecule has 0 fully saturated rings. The molecule has 2 atom stereocenters. The molecule has 0 heterocycles. The molecular formula is C19H25ClN2O2. The molecule has 0 bridgehead atoms. The molecule has 2 aromatic carbocycles. The van der Waals surface area contributed by atoms with Crippen LogP contribution in [-0.2, 0) is 16.1 Å². The van der Waals surface area contributed by atoms with Gasteiger partial charge >= 0.3 is 0 Å². The van der Waals surface area contributed by atoms with Crippen LogP contribution in [0.3, 0.4) is 0 Å². The first-order chi connectivity index (χ1) is 11.1. The summed E-state index contributed by atoms with van der Waals surface area (Å²) in [7, 11) is 0. The number of hydrogen-bond acceptors (Lipinski definition) is 3. The molecule has 0 radical (unpaired) electrons. The third-order valence-corrected chi connectivity index (χ3v) is 3.80. The van der Waals surface area contributed by atoms with Gasteiger partial charge in [-0.25, -0.2) is 0 Å². The van der Waals surface area contributed by atoms with E-state index in [9.17, 15) is 4.79 Å². The summed E-state index contributed by atoms with van der Waals surface area (Å²) in [4.78, 5) is 12.4. The van der Waals surface area contributed by atoms with Gasteiger partial charge in [-0.15, -0.1) is 12.4 Å². The van der Waals surface area contributed by atoms with E-state index in [1.165, 1.54) is 0 Å². The third-order valence-electron chi connectivity index (χ3n) is 3.80. The fraction of sp³-hybridized carbons (Fsp3) is 0.316. The molecule has 2 aromatic rings. The predicted octanol–water partition coefficient (Wildman–Crippen LogP) is 3.92. The summed E-state index contributed by atoms with van der Waals surface area (Å²) in [5, 5.41) is 2.93. The van der Waals surface area contributed by atoms with E-state index in [-0.39, 0.29) is 30.3 Å². The van der Waals surface area contributed by atoms with E-state index in [1.807, 2.05) is 68.4 Å². The van der Waals surface area contributed by atoms with Crippen LogP contribution in [0.1, 0.15) is 31.0 Å². The Labute approximate surface area is 149 Å². The number of amides is 1. The number of halogens is 1. The van der Waals surface area contributed by atoms with Gasteiger partial charge in [-0.2, -0.15) is 0 Å². The van der Waals surface area contributed by atoms with Crippen molar-refractivity contribution in [3.8, 4) is 0 Å². The zero-order chi connectivity index (χ0) is 16.7. The van der Waals surface area contributed by atoms with Crippen LogP contribution < -0.4 is 11.1 Å². The van der Waals surface area contributed by atoms with Crippen LogP contribution in [-0.4, -0.2) is 12.5 Å². The molecule has 0 aromatic heterocycles. The number of rotatable bonds is 7. The van der Waals surface area contributed by atoms with Crippen LogP contribution in [0.2, 0.25) is 0 Å². The molecule has 3 N–H and O–H groups in total. The van der Waals surface area contributed by atoms with Crippen LogP contribution >= 0.6 is 12.4 Å². The van der Waals surface area contributed by atoms with E-state index < -0.39 is 0 Å².